The third-order valence-corrected chi connectivity index (χ3v) is 3.36. The van der Waals surface area contributed by atoms with Gasteiger partial charge in [-0.2, -0.15) is 5.10 Å². The van der Waals surface area contributed by atoms with Crippen molar-refractivity contribution in [3.05, 3.63) is 11.9 Å². The number of hydrogen-bond donors (Lipinski definition) is 0. The first kappa shape index (κ1) is 5.89. The zero-order chi connectivity index (χ0) is 19.6. The Morgan fingerprint density at radius 3 is 2.59 bits per heavy atom. The first-order valence-electron chi connectivity index (χ1n) is 9.36. The van der Waals surface area contributed by atoms with Gasteiger partial charge in [0.2, 0.25) is 0 Å². The molecular formula is C12H21BN2O2. The standard InChI is InChI=1S/C12H21BN2O2/c1-7-15-8-10(9(2)14-15)13-16-11(3,4)12(5,6)17-13/h8H,7H2,1-6H3/i1D3,2D3,7D2. The van der Waals surface area contributed by atoms with Crippen LogP contribution in [0.15, 0.2) is 6.20 Å². The molecule has 5 heteroatoms. The van der Waals surface area contributed by atoms with Gasteiger partial charge in [0.15, 0.2) is 0 Å². The van der Waals surface area contributed by atoms with Crippen LogP contribution in [-0.4, -0.2) is 28.1 Å². The maximum atomic E-state index is 7.80. The number of aromatic nitrogens is 2. The first-order valence-corrected chi connectivity index (χ1v) is 5.36. The molecule has 1 aromatic rings. The van der Waals surface area contributed by atoms with Crippen LogP contribution in [0.25, 0.3) is 0 Å². The van der Waals surface area contributed by atoms with Crippen LogP contribution in [0.4, 0.5) is 0 Å². The predicted molar refractivity (Wildman–Crippen MR) is 68.4 cm³/mol. The van der Waals surface area contributed by atoms with E-state index in [1.54, 1.807) is 27.7 Å². The van der Waals surface area contributed by atoms with Crippen LogP contribution in [0.1, 0.15) is 51.2 Å². The van der Waals surface area contributed by atoms with Gasteiger partial charge in [0.1, 0.15) is 0 Å². The third-order valence-electron chi connectivity index (χ3n) is 3.36. The summed E-state index contributed by atoms with van der Waals surface area (Å²) in [5, 5.41) is 3.72. The van der Waals surface area contributed by atoms with Gasteiger partial charge in [-0.25, -0.2) is 0 Å². The fourth-order valence-corrected chi connectivity index (χ4v) is 1.59. The Hall–Kier alpha value is -0.805. The van der Waals surface area contributed by atoms with E-state index < -0.39 is 44.2 Å². The lowest BCUT2D eigenvalue weighted by atomic mass is 9.79. The van der Waals surface area contributed by atoms with E-state index in [9.17, 15) is 0 Å². The van der Waals surface area contributed by atoms with Gasteiger partial charge in [0, 0.05) is 26.4 Å². The summed E-state index contributed by atoms with van der Waals surface area (Å²) in [7, 11) is -1.10. The van der Waals surface area contributed by atoms with E-state index in [2.05, 4.69) is 5.10 Å². The molecular weight excluding hydrogens is 215 g/mol. The van der Waals surface area contributed by atoms with Crippen molar-refractivity contribution in [2.45, 2.75) is 59.1 Å². The van der Waals surface area contributed by atoms with Gasteiger partial charge in [-0.1, -0.05) is 0 Å². The second-order valence-corrected chi connectivity index (χ2v) is 5.08. The minimum absolute atomic E-state index is 0.00762. The molecule has 0 unspecified atom stereocenters. The molecule has 17 heavy (non-hydrogen) atoms. The van der Waals surface area contributed by atoms with Crippen LogP contribution in [0.3, 0.4) is 0 Å². The van der Waals surface area contributed by atoms with Crippen molar-refractivity contribution in [2.24, 2.45) is 0 Å². The van der Waals surface area contributed by atoms with E-state index in [0.717, 1.165) is 6.20 Å². The molecule has 0 radical (unpaired) electrons. The number of rotatable bonds is 2. The number of nitrogens with zero attached hydrogens (tertiary/aromatic N) is 2. The van der Waals surface area contributed by atoms with Crippen LogP contribution in [0.5, 0.6) is 0 Å². The van der Waals surface area contributed by atoms with E-state index >= 15 is 0 Å². The third kappa shape index (κ3) is 2.02. The summed E-state index contributed by atoms with van der Waals surface area (Å²) in [5.74, 6) is 0. The van der Waals surface area contributed by atoms with Crippen molar-refractivity contribution in [1.82, 2.24) is 9.78 Å². The molecule has 1 aliphatic heterocycles. The molecule has 0 N–H and O–H groups in total. The number of hydrogen-bond acceptors (Lipinski definition) is 3. The van der Waals surface area contributed by atoms with Crippen molar-refractivity contribution < 1.29 is 20.3 Å². The zero-order valence-electron chi connectivity index (χ0n) is 18.4. The molecule has 2 rings (SSSR count). The maximum absolute atomic E-state index is 7.80. The van der Waals surface area contributed by atoms with Gasteiger partial charge in [0.05, 0.1) is 19.6 Å². The van der Waals surface area contributed by atoms with Gasteiger partial charge in [-0.05, 0) is 41.4 Å². The largest absolute Gasteiger partial charge is 0.498 e. The fraction of sp³-hybridized carbons (Fsp3) is 0.750. The second-order valence-electron chi connectivity index (χ2n) is 5.08. The summed E-state index contributed by atoms with van der Waals surface area (Å²) in [5.41, 5.74) is -1.94. The Morgan fingerprint density at radius 2 is 2.06 bits per heavy atom. The topological polar surface area (TPSA) is 36.3 Å². The Balaban J connectivity index is 2.56. The molecule has 1 saturated heterocycles. The van der Waals surface area contributed by atoms with Gasteiger partial charge < -0.3 is 9.31 Å². The lowest BCUT2D eigenvalue weighted by molar-refractivity contribution is 0.00578. The highest BCUT2D eigenvalue weighted by Gasteiger charge is 2.52. The normalized spacial score (nSPS) is 31.4. The molecule has 1 aliphatic rings. The second kappa shape index (κ2) is 3.85. The van der Waals surface area contributed by atoms with Crippen LogP contribution in [0, 0.1) is 6.85 Å². The monoisotopic (exact) mass is 244 g/mol. The fourth-order valence-electron chi connectivity index (χ4n) is 1.59. The van der Waals surface area contributed by atoms with Crippen LogP contribution in [-0.2, 0) is 15.8 Å². The SMILES string of the molecule is [2H]C([2H])([2H])c1nn(C([2H])([2H])C([2H])([2H])[2H])cc1B1OC(C)(C)C(C)(C)O1. The van der Waals surface area contributed by atoms with Crippen molar-refractivity contribution in [3.63, 3.8) is 0 Å². The van der Waals surface area contributed by atoms with Crippen LogP contribution >= 0.6 is 0 Å². The average Bonchev–Trinajstić information content (AvgIpc) is 2.88. The molecule has 1 aromatic heterocycles. The lowest BCUT2D eigenvalue weighted by Gasteiger charge is -2.32. The minimum Gasteiger partial charge on any atom is -0.399 e. The van der Waals surface area contributed by atoms with Crippen molar-refractivity contribution in [3.8, 4) is 0 Å². The van der Waals surface area contributed by atoms with Crippen molar-refractivity contribution in [2.75, 3.05) is 0 Å². The maximum Gasteiger partial charge on any atom is 0.498 e. The molecule has 0 aromatic carbocycles. The zero-order valence-corrected chi connectivity index (χ0v) is 10.4. The lowest BCUT2D eigenvalue weighted by Crippen LogP contribution is -2.41. The number of aryl methyl sites for hydroxylation is 2. The molecule has 1 fully saturated rings. The minimum atomic E-state index is -3.03. The Morgan fingerprint density at radius 1 is 1.41 bits per heavy atom. The Bertz CT molecular complexity index is 649. The molecule has 0 atom stereocenters. The molecule has 0 aliphatic carbocycles. The van der Waals surface area contributed by atoms with Crippen molar-refractivity contribution >= 4 is 12.6 Å². The predicted octanol–water partition coefficient (Wildman–Crippen LogP) is 1.51. The summed E-state index contributed by atoms with van der Waals surface area (Å²) in [6, 6.07) is 0. The van der Waals surface area contributed by atoms with E-state index in [0.29, 0.717) is 4.68 Å². The molecule has 0 spiro atoms. The summed E-state index contributed by atoms with van der Waals surface area (Å²) >= 11 is 0. The van der Waals surface area contributed by atoms with E-state index in [1.807, 2.05) is 0 Å². The molecule has 0 bridgehead atoms. The van der Waals surface area contributed by atoms with Gasteiger partial charge in [-0.3, -0.25) is 4.68 Å². The Kier molecular flexibility index (Phi) is 1.33. The van der Waals surface area contributed by atoms with E-state index in [4.69, 9.17) is 20.3 Å². The van der Waals surface area contributed by atoms with Gasteiger partial charge in [0.25, 0.3) is 0 Å². The Labute approximate surface area is 115 Å². The summed E-state index contributed by atoms with van der Waals surface area (Å²) in [6.45, 7) is -1.45. The van der Waals surface area contributed by atoms with Crippen LogP contribution in [0.2, 0.25) is 0 Å². The average molecular weight is 244 g/mol. The smallest absolute Gasteiger partial charge is 0.399 e. The molecule has 0 amide bonds. The first-order chi connectivity index (χ1) is 10.9. The van der Waals surface area contributed by atoms with Gasteiger partial charge in [-0.15, -0.1) is 0 Å². The summed E-state index contributed by atoms with van der Waals surface area (Å²) in [4.78, 5) is 0. The molecule has 94 valence electrons. The highest BCUT2D eigenvalue weighted by Crippen LogP contribution is 2.36. The van der Waals surface area contributed by atoms with Gasteiger partial charge >= 0.3 is 7.12 Å². The van der Waals surface area contributed by atoms with Crippen molar-refractivity contribution in [1.29, 1.82) is 0 Å². The molecule has 2 heterocycles. The van der Waals surface area contributed by atoms with Crippen LogP contribution < -0.4 is 5.46 Å². The summed E-state index contributed by atoms with van der Waals surface area (Å²) < 4.78 is 72.6. The quantitative estimate of drug-likeness (QED) is 0.740. The summed E-state index contributed by atoms with van der Waals surface area (Å²) in [6.07, 6.45) is 1.04. The van der Waals surface area contributed by atoms with E-state index in [1.165, 1.54) is 0 Å². The highest BCUT2D eigenvalue weighted by atomic mass is 16.7. The molecule has 0 saturated carbocycles. The molecule has 4 nitrogen and oxygen atoms in total. The highest BCUT2D eigenvalue weighted by molar-refractivity contribution is 6.62. The van der Waals surface area contributed by atoms with E-state index in [-0.39, 0.29) is 5.46 Å².